The maximum absolute atomic E-state index is 10.4. The smallest absolute Gasteiger partial charge is 0.170 e. The molecule has 0 fully saturated rings. The van der Waals surface area contributed by atoms with Crippen LogP contribution in [0, 0.1) is 24.7 Å². The van der Waals surface area contributed by atoms with E-state index in [1.807, 2.05) is 6.92 Å². The van der Waals surface area contributed by atoms with E-state index in [4.69, 9.17) is 0 Å². The average Bonchev–Trinajstić information content (AvgIpc) is 2.82. The number of anilines is 1. The third-order valence-corrected chi connectivity index (χ3v) is 7.78. The van der Waals surface area contributed by atoms with Crippen LogP contribution in [0.2, 0.25) is 0 Å². The molecule has 0 aliphatic rings. The number of aromatic nitrogens is 1. The lowest BCUT2D eigenvalue weighted by Crippen LogP contribution is -2.32. The zero-order valence-corrected chi connectivity index (χ0v) is 25.3. The first kappa shape index (κ1) is 33.1. The monoisotopic (exact) mass is 532 g/mol. The highest BCUT2D eigenvalue weighted by Crippen LogP contribution is 2.21. The minimum absolute atomic E-state index is 0.178. The third-order valence-electron chi connectivity index (χ3n) is 6.94. The van der Waals surface area contributed by atoms with Crippen molar-refractivity contribution in [3.05, 3.63) is 54.4 Å². The molecule has 0 bridgehead atoms. The number of pyridine rings is 1. The Morgan fingerprint density at radius 1 is 0.757 bits per heavy atom. The van der Waals surface area contributed by atoms with Gasteiger partial charge in [0.2, 0.25) is 0 Å². The van der Waals surface area contributed by atoms with E-state index in [1.54, 1.807) is 12.1 Å². The summed E-state index contributed by atoms with van der Waals surface area (Å²) in [6, 6.07) is 10.2. The van der Waals surface area contributed by atoms with Crippen LogP contribution in [0.15, 0.2) is 53.7 Å². The van der Waals surface area contributed by atoms with Gasteiger partial charge in [-0.2, -0.15) is 0 Å². The number of benzene rings is 1. The molecule has 5 nitrogen and oxygen atoms in total. The zero-order chi connectivity index (χ0) is 27.8. The second kappa shape index (κ2) is 17.6. The Kier molecular flexibility index (Phi) is 15.7. The van der Waals surface area contributed by atoms with E-state index >= 15 is 0 Å². The maximum atomic E-state index is 10.4. The van der Waals surface area contributed by atoms with Gasteiger partial charge < -0.3 is 9.45 Å². The molecule has 0 amide bonds. The number of nitrogens with zero attached hydrogens (tertiary/aromatic N) is 2. The Hall–Kier alpha value is -1.92. The van der Waals surface area contributed by atoms with Crippen LogP contribution >= 0.6 is 0 Å². The predicted molar refractivity (Wildman–Crippen MR) is 155 cm³/mol. The molecule has 0 saturated heterocycles. The summed E-state index contributed by atoms with van der Waals surface area (Å²) in [4.78, 5) is 1.97. The van der Waals surface area contributed by atoms with Gasteiger partial charge in [-0.25, -0.2) is 13.0 Å². The number of aryl methyl sites for hydroxylation is 2. The second-order valence-electron chi connectivity index (χ2n) is 11.4. The highest BCUT2D eigenvalue weighted by Gasteiger charge is 2.08. The molecule has 2 unspecified atom stereocenters. The van der Waals surface area contributed by atoms with Gasteiger partial charge in [0.1, 0.15) is 16.7 Å². The summed E-state index contributed by atoms with van der Waals surface area (Å²) in [7, 11) is -0.0881. The molecule has 2 atom stereocenters. The Balaban J connectivity index is 0.000000516. The lowest BCUT2D eigenvalue weighted by Gasteiger charge is -2.15. The predicted octanol–water partition coefficient (Wildman–Crippen LogP) is 7.38. The van der Waals surface area contributed by atoms with Crippen LogP contribution in [0.1, 0.15) is 91.0 Å². The van der Waals surface area contributed by atoms with Gasteiger partial charge in [0, 0.05) is 38.3 Å². The Bertz CT molecular complexity index is 955. The number of rotatable bonds is 15. The topological polar surface area (TPSA) is 64.3 Å². The van der Waals surface area contributed by atoms with Crippen molar-refractivity contribution in [3.63, 3.8) is 0 Å². The fourth-order valence-electron chi connectivity index (χ4n) is 4.37. The quantitative estimate of drug-likeness (QED) is 0.136. The van der Waals surface area contributed by atoms with Crippen molar-refractivity contribution >= 4 is 15.8 Å². The molecule has 0 radical (unpaired) electrons. The molecule has 1 aromatic carbocycles. The number of unbranched alkanes of at least 4 members (excludes halogenated alkanes) is 1. The summed E-state index contributed by atoms with van der Waals surface area (Å²) in [5.74, 6) is 2.67. The van der Waals surface area contributed by atoms with Crippen molar-refractivity contribution in [2.45, 2.75) is 104 Å². The lowest BCUT2D eigenvalue weighted by molar-refractivity contribution is -0.697. The molecule has 0 saturated carbocycles. The van der Waals surface area contributed by atoms with E-state index in [1.165, 1.54) is 75.6 Å². The van der Waals surface area contributed by atoms with Crippen LogP contribution < -0.4 is 9.47 Å². The summed E-state index contributed by atoms with van der Waals surface area (Å²) in [6.45, 7) is 12.5. The standard InChI is InChI=1S/C24H45N2.C7H8O3S/c1-21(2)11-9-13-23(4)15-10-14-22(3)12-7-8-18-26-19-16-24(17-20-26)25(5)6;1-6-2-4-7(5-3-6)11(8,9)10/h16-17,19-23H,7-15,18H2,1-6H3;2-5H,1H3,(H,8,9,10)/q+1;/p-1. The maximum Gasteiger partial charge on any atom is 0.170 e. The third kappa shape index (κ3) is 15.8. The summed E-state index contributed by atoms with van der Waals surface area (Å²) in [5.41, 5.74) is 2.20. The Morgan fingerprint density at radius 3 is 1.70 bits per heavy atom. The molecule has 2 aromatic rings. The van der Waals surface area contributed by atoms with Gasteiger partial charge in [-0.05, 0) is 43.2 Å². The van der Waals surface area contributed by atoms with Gasteiger partial charge in [0.05, 0.1) is 4.90 Å². The largest absolute Gasteiger partial charge is 0.744 e. The van der Waals surface area contributed by atoms with Crippen LogP contribution in [0.25, 0.3) is 0 Å². The first-order valence-corrected chi connectivity index (χ1v) is 15.5. The molecule has 0 aliphatic carbocycles. The lowest BCUT2D eigenvalue weighted by atomic mass is 9.92. The van der Waals surface area contributed by atoms with Crippen LogP contribution in [0.3, 0.4) is 0 Å². The van der Waals surface area contributed by atoms with Gasteiger partial charge in [-0.1, -0.05) is 90.3 Å². The van der Waals surface area contributed by atoms with Crippen molar-refractivity contribution in [1.29, 1.82) is 0 Å². The van der Waals surface area contributed by atoms with Crippen LogP contribution in [0.4, 0.5) is 5.69 Å². The first-order valence-electron chi connectivity index (χ1n) is 14.1. The van der Waals surface area contributed by atoms with Gasteiger partial charge in [-0.15, -0.1) is 0 Å². The molecule has 0 N–H and O–H groups in total. The van der Waals surface area contributed by atoms with E-state index < -0.39 is 10.1 Å². The molecule has 1 heterocycles. The van der Waals surface area contributed by atoms with E-state index in [2.05, 4.69) is 75.8 Å². The van der Waals surface area contributed by atoms with Crippen LogP contribution in [-0.4, -0.2) is 27.1 Å². The normalized spacial score (nSPS) is 13.1. The molecule has 210 valence electrons. The van der Waals surface area contributed by atoms with Crippen molar-refractivity contribution in [3.8, 4) is 0 Å². The first-order chi connectivity index (χ1) is 17.4. The van der Waals surface area contributed by atoms with Crippen molar-refractivity contribution in [1.82, 2.24) is 0 Å². The Labute approximate surface area is 228 Å². The van der Waals surface area contributed by atoms with E-state index in [-0.39, 0.29) is 4.90 Å². The summed E-state index contributed by atoms with van der Waals surface area (Å²) in [5, 5.41) is 0. The zero-order valence-electron chi connectivity index (χ0n) is 24.4. The number of hydrogen-bond donors (Lipinski definition) is 0. The molecule has 1 aromatic heterocycles. The van der Waals surface area contributed by atoms with E-state index in [0.717, 1.165) is 29.9 Å². The highest BCUT2D eigenvalue weighted by atomic mass is 32.2. The van der Waals surface area contributed by atoms with E-state index in [0.29, 0.717) is 0 Å². The minimum atomic E-state index is -4.27. The molecule has 2 rings (SSSR count). The van der Waals surface area contributed by atoms with Gasteiger partial charge in [0.15, 0.2) is 12.4 Å². The molecule has 6 heteroatoms. The van der Waals surface area contributed by atoms with E-state index in [9.17, 15) is 13.0 Å². The van der Waals surface area contributed by atoms with Crippen molar-refractivity contribution < 1.29 is 17.5 Å². The summed E-state index contributed by atoms with van der Waals surface area (Å²) >= 11 is 0. The van der Waals surface area contributed by atoms with Gasteiger partial charge in [0.25, 0.3) is 0 Å². The fraction of sp³-hybridized carbons (Fsp3) is 0.645. The molecule has 37 heavy (non-hydrogen) atoms. The molecular weight excluding hydrogens is 480 g/mol. The molecule has 0 spiro atoms. The van der Waals surface area contributed by atoms with Crippen molar-refractivity contribution in [2.75, 3.05) is 19.0 Å². The number of hydrogen-bond acceptors (Lipinski definition) is 4. The summed E-state index contributed by atoms with van der Waals surface area (Å²) in [6.07, 6.45) is 17.0. The van der Waals surface area contributed by atoms with Crippen LogP contribution in [0.5, 0.6) is 0 Å². The molecular formula is C31H52N2O3S. The SMILES string of the molecule is CC(C)CCCC(C)CCCC(C)CCCC[n+]1ccc(N(C)C)cc1.Cc1ccc(S(=O)(=O)[O-])cc1. The van der Waals surface area contributed by atoms with Crippen LogP contribution in [-0.2, 0) is 16.7 Å². The van der Waals surface area contributed by atoms with Gasteiger partial charge >= 0.3 is 0 Å². The summed E-state index contributed by atoms with van der Waals surface area (Å²) < 4.78 is 33.5. The van der Waals surface area contributed by atoms with Gasteiger partial charge in [-0.3, -0.25) is 0 Å². The second-order valence-corrected chi connectivity index (χ2v) is 12.8. The highest BCUT2D eigenvalue weighted by molar-refractivity contribution is 7.85. The van der Waals surface area contributed by atoms with Crippen molar-refractivity contribution in [2.24, 2.45) is 17.8 Å². The Morgan fingerprint density at radius 2 is 1.24 bits per heavy atom. The molecule has 0 aliphatic heterocycles. The average molecular weight is 533 g/mol. The minimum Gasteiger partial charge on any atom is -0.744 e. The fourth-order valence-corrected chi connectivity index (χ4v) is 4.84.